The van der Waals surface area contributed by atoms with Crippen molar-refractivity contribution in [2.24, 2.45) is 0 Å². The first-order valence-corrected chi connectivity index (χ1v) is 12.0. The number of rotatable bonds is 8. The van der Waals surface area contributed by atoms with Crippen LogP contribution in [-0.4, -0.2) is 62.3 Å². The van der Waals surface area contributed by atoms with Crippen LogP contribution >= 0.6 is 0 Å². The largest absolute Gasteiger partial charge is 0.355 e. The predicted octanol–water partition coefficient (Wildman–Crippen LogP) is 2.61. The van der Waals surface area contributed by atoms with Crippen molar-refractivity contribution >= 4 is 15.9 Å². The van der Waals surface area contributed by atoms with E-state index in [0.29, 0.717) is 32.0 Å². The number of hydrogen-bond acceptors (Lipinski definition) is 4. The summed E-state index contributed by atoms with van der Waals surface area (Å²) in [6.07, 6.45) is 8.72. The molecule has 2 aliphatic rings. The monoisotopic (exact) mass is 407 g/mol. The summed E-state index contributed by atoms with van der Waals surface area (Å²) < 4.78 is 27.1. The fourth-order valence-corrected chi connectivity index (χ4v) is 6.06. The highest BCUT2D eigenvalue weighted by molar-refractivity contribution is 7.89. The normalized spacial score (nSPS) is 21.9. The minimum atomic E-state index is -3.63. The summed E-state index contributed by atoms with van der Waals surface area (Å²) in [7, 11) is -1.46. The first kappa shape index (κ1) is 21.3. The molecule has 7 heteroatoms. The van der Waals surface area contributed by atoms with Crippen LogP contribution < -0.4 is 5.32 Å². The molecule has 1 aliphatic heterocycles. The van der Waals surface area contributed by atoms with Gasteiger partial charge < -0.3 is 10.2 Å². The Morgan fingerprint density at radius 2 is 1.82 bits per heavy atom. The Kier molecular flexibility index (Phi) is 7.48. The Bertz CT molecular complexity index is 733. The average Bonchev–Trinajstić information content (AvgIpc) is 3.23. The molecule has 3 rings (SSSR count). The van der Waals surface area contributed by atoms with E-state index in [9.17, 15) is 13.2 Å². The predicted molar refractivity (Wildman–Crippen MR) is 110 cm³/mol. The van der Waals surface area contributed by atoms with Crippen molar-refractivity contribution in [1.82, 2.24) is 14.5 Å². The molecule has 0 aromatic heterocycles. The number of nitrogens with one attached hydrogen (secondary N) is 1. The molecule has 0 radical (unpaired) electrons. The van der Waals surface area contributed by atoms with Crippen molar-refractivity contribution < 1.29 is 13.2 Å². The molecule has 2 fully saturated rings. The van der Waals surface area contributed by atoms with Crippen molar-refractivity contribution in [1.29, 1.82) is 0 Å². The molecule has 1 atom stereocenters. The molecular weight excluding hydrogens is 374 g/mol. The zero-order valence-corrected chi connectivity index (χ0v) is 17.7. The second kappa shape index (κ2) is 9.85. The molecule has 1 saturated heterocycles. The van der Waals surface area contributed by atoms with E-state index in [2.05, 4.69) is 17.3 Å². The number of nitrogens with zero attached hydrogens (tertiary/aromatic N) is 2. The van der Waals surface area contributed by atoms with Gasteiger partial charge in [0.2, 0.25) is 15.9 Å². The van der Waals surface area contributed by atoms with Gasteiger partial charge in [-0.1, -0.05) is 37.5 Å². The third kappa shape index (κ3) is 5.13. The van der Waals surface area contributed by atoms with E-state index >= 15 is 0 Å². The molecular formula is C21H33N3O3S. The Morgan fingerprint density at radius 3 is 2.54 bits per heavy atom. The first-order chi connectivity index (χ1) is 13.5. The van der Waals surface area contributed by atoms with Crippen LogP contribution in [-0.2, 0) is 14.8 Å². The summed E-state index contributed by atoms with van der Waals surface area (Å²) in [4.78, 5) is 15.3. The lowest BCUT2D eigenvalue weighted by atomic mass is 9.94. The lowest BCUT2D eigenvalue weighted by Gasteiger charge is -2.31. The quantitative estimate of drug-likeness (QED) is 0.673. The molecule has 0 bridgehead atoms. The van der Waals surface area contributed by atoms with Gasteiger partial charge in [0.15, 0.2) is 0 Å². The van der Waals surface area contributed by atoms with E-state index in [1.165, 1.54) is 36.4 Å². The SMILES string of the molecule is CN(CCCNC(=O)C1CCCN1S(=O)(=O)c1ccccc1)C1CCCCC1. The summed E-state index contributed by atoms with van der Waals surface area (Å²) in [6, 6.07) is 8.46. The molecule has 6 nitrogen and oxygen atoms in total. The molecule has 1 aromatic carbocycles. The summed E-state index contributed by atoms with van der Waals surface area (Å²) >= 11 is 0. The molecule has 1 heterocycles. The molecule has 1 amide bonds. The van der Waals surface area contributed by atoms with Crippen LogP contribution in [0.1, 0.15) is 51.4 Å². The first-order valence-electron chi connectivity index (χ1n) is 10.5. The molecule has 1 saturated carbocycles. The lowest BCUT2D eigenvalue weighted by molar-refractivity contribution is -0.124. The molecule has 1 unspecified atom stereocenters. The van der Waals surface area contributed by atoms with E-state index in [1.54, 1.807) is 30.3 Å². The van der Waals surface area contributed by atoms with Gasteiger partial charge in [-0.3, -0.25) is 4.79 Å². The molecule has 1 aromatic rings. The van der Waals surface area contributed by atoms with E-state index in [-0.39, 0.29) is 10.8 Å². The van der Waals surface area contributed by atoms with Crippen molar-refractivity contribution in [3.05, 3.63) is 30.3 Å². The van der Waals surface area contributed by atoms with Crippen LogP contribution in [0.25, 0.3) is 0 Å². The van der Waals surface area contributed by atoms with Gasteiger partial charge in [0.25, 0.3) is 0 Å². The highest BCUT2D eigenvalue weighted by atomic mass is 32.2. The van der Waals surface area contributed by atoms with E-state index < -0.39 is 16.1 Å². The number of sulfonamides is 1. The van der Waals surface area contributed by atoms with Gasteiger partial charge in [0, 0.05) is 19.1 Å². The van der Waals surface area contributed by atoms with Gasteiger partial charge in [-0.2, -0.15) is 4.31 Å². The maximum atomic E-state index is 12.9. The number of amides is 1. The van der Waals surface area contributed by atoms with Gasteiger partial charge in [-0.15, -0.1) is 0 Å². The zero-order chi connectivity index (χ0) is 20.0. The van der Waals surface area contributed by atoms with Crippen molar-refractivity contribution in [3.63, 3.8) is 0 Å². The summed E-state index contributed by atoms with van der Waals surface area (Å²) in [5, 5.41) is 2.96. The molecule has 0 spiro atoms. The van der Waals surface area contributed by atoms with Crippen molar-refractivity contribution in [3.8, 4) is 0 Å². The minimum Gasteiger partial charge on any atom is -0.355 e. The van der Waals surface area contributed by atoms with Gasteiger partial charge >= 0.3 is 0 Å². The molecule has 28 heavy (non-hydrogen) atoms. The number of carbonyl (C=O) groups excluding carboxylic acids is 1. The summed E-state index contributed by atoms with van der Waals surface area (Å²) in [6.45, 7) is 1.95. The highest BCUT2D eigenvalue weighted by Gasteiger charge is 2.39. The zero-order valence-electron chi connectivity index (χ0n) is 16.8. The molecule has 156 valence electrons. The van der Waals surface area contributed by atoms with Crippen LogP contribution in [0.2, 0.25) is 0 Å². The Morgan fingerprint density at radius 1 is 1.11 bits per heavy atom. The number of carbonyl (C=O) groups is 1. The van der Waals surface area contributed by atoms with Crippen LogP contribution in [0, 0.1) is 0 Å². The van der Waals surface area contributed by atoms with Crippen molar-refractivity contribution in [2.75, 3.05) is 26.7 Å². The van der Waals surface area contributed by atoms with Crippen molar-refractivity contribution in [2.45, 2.75) is 68.3 Å². The van der Waals surface area contributed by atoms with Gasteiger partial charge in [0.1, 0.15) is 6.04 Å². The Balaban J connectivity index is 1.48. The van der Waals surface area contributed by atoms with Crippen LogP contribution in [0.5, 0.6) is 0 Å². The maximum absolute atomic E-state index is 12.9. The number of benzene rings is 1. The third-order valence-corrected chi connectivity index (χ3v) is 7.96. The van der Waals surface area contributed by atoms with Gasteiger partial charge in [-0.05, 0) is 57.8 Å². The minimum absolute atomic E-state index is 0.169. The molecule has 1 N–H and O–H groups in total. The van der Waals surface area contributed by atoms with Gasteiger partial charge in [-0.25, -0.2) is 8.42 Å². The van der Waals surface area contributed by atoms with E-state index in [0.717, 1.165) is 13.0 Å². The Labute approximate surface area is 169 Å². The van der Waals surface area contributed by atoms with Crippen LogP contribution in [0.15, 0.2) is 35.2 Å². The lowest BCUT2D eigenvalue weighted by Crippen LogP contribution is -2.46. The topological polar surface area (TPSA) is 69.7 Å². The van der Waals surface area contributed by atoms with Gasteiger partial charge in [0.05, 0.1) is 4.90 Å². The Hall–Kier alpha value is -1.44. The number of hydrogen-bond donors (Lipinski definition) is 1. The second-order valence-electron chi connectivity index (χ2n) is 8.00. The molecule has 1 aliphatic carbocycles. The smallest absolute Gasteiger partial charge is 0.243 e. The van der Waals surface area contributed by atoms with Crippen LogP contribution in [0.3, 0.4) is 0 Å². The summed E-state index contributed by atoms with van der Waals surface area (Å²) in [5.41, 5.74) is 0. The standard InChI is InChI=1S/C21H33N3O3S/c1-23(18-10-4-2-5-11-18)16-9-15-22-21(25)20-14-8-17-24(20)28(26,27)19-12-6-3-7-13-19/h3,6-7,12-13,18,20H,2,4-5,8-11,14-17H2,1H3,(H,22,25). The fraction of sp³-hybridized carbons (Fsp3) is 0.667. The fourth-order valence-electron chi connectivity index (χ4n) is 4.38. The second-order valence-corrected chi connectivity index (χ2v) is 9.89. The maximum Gasteiger partial charge on any atom is 0.243 e. The summed E-state index contributed by atoms with van der Waals surface area (Å²) in [5.74, 6) is -0.169. The van der Waals surface area contributed by atoms with E-state index in [4.69, 9.17) is 0 Å². The van der Waals surface area contributed by atoms with Crippen LogP contribution in [0.4, 0.5) is 0 Å². The average molecular weight is 408 g/mol. The third-order valence-electron chi connectivity index (χ3n) is 6.04. The highest BCUT2D eigenvalue weighted by Crippen LogP contribution is 2.26. The van der Waals surface area contributed by atoms with E-state index in [1.807, 2.05) is 0 Å².